The number of aryl methyl sites for hydroxylation is 2. The Hall–Kier alpha value is -2.75. The molecule has 0 N–H and O–H groups in total. The van der Waals surface area contributed by atoms with Crippen LogP contribution in [-0.4, -0.2) is 15.9 Å². The molecule has 0 aliphatic rings. The summed E-state index contributed by atoms with van der Waals surface area (Å²) in [5.41, 5.74) is 6.07. The van der Waals surface area contributed by atoms with Gasteiger partial charge in [-0.2, -0.15) is 0 Å². The van der Waals surface area contributed by atoms with Gasteiger partial charge in [-0.15, -0.1) is 0 Å². The lowest BCUT2D eigenvalue weighted by atomic mass is 9.87. The van der Waals surface area contributed by atoms with Gasteiger partial charge in [-0.25, -0.2) is 14.8 Å². The molecule has 0 atom stereocenters. The van der Waals surface area contributed by atoms with Crippen LogP contribution >= 0.6 is 0 Å². The zero-order valence-electron chi connectivity index (χ0n) is 16.0. The zero-order valence-corrected chi connectivity index (χ0v) is 16.0. The molecule has 0 aliphatic heterocycles. The van der Waals surface area contributed by atoms with E-state index in [4.69, 9.17) is 4.74 Å². The average molecular weight is 348 g/mol. The van der Waals surface area contributed by atoms with Crippen molar-refractivity contribution in [3.05, 3.63) is 70.5 Å². The number of nitrogens with zero attached hydrogens (tertiary/aromatic N) is 2. The van der Waals surface area contributed by atoms with Crippen LogP contribution in [0.25, 0.3) is 11.0 Å². The second-order valence-corrected chi connectivity index (χ2v) is 7.62. The van der Waals surface area contributed by atoms with Gasteiger partial charge in [-0.05, 0) is 48.6 Å². The smallest absolute Gasteiger partial charge is 0.338 e. The number of hydrogen-bond acceptors (Lipinski definition) is 4. The van der Waals surface area contributed by atoms with Crippen LogP contribution in [0.5, 0.6) is 0 Å². The van der Waals surface area contributed by atoms with E-state index in [1.165, 1.54) is 5.56 Å². The number of esters is 1. The molecular formula is C22H24N2O2. The summed E-state index contributed by atoms with van der Waals surface area (Å²) in [5, 5.41) is 0. The summed E-state index contributed by atoms with van der Waals surface area (Å²) in [5.74, 6) is -0.355. The predicted octanol–water partition coefficient (Wildman–Crippen LogP) is 4.90. The third-order valence-electron chi connectivity index (χ3n) is 4.50. The predicted molar refractivity (Wildman–Crippen MR) is 103 cm³/mol. The number of fused-ring (bicyclic) bond motifs is 1. The number of aromatic nitrogens is 2. The molecule has 0 saturated heterocycles. The molecule has 0 aliphatic carbocycles. The maximum atomic E-state index is 12.4. The minimum absolute atomic E-state index is 0.109. The number of carbonyl (C=O) groups is 1. The van der Waals surface area contributed by atoms with Crippen LogP contribution in [0, 0.1) is 13.8 Å². The molecule has 26 heavy (non-hydrogen) atoms. The Morgan fingerprint density at radius 1 is 0.923 bits per heavy atom. The van der Waals surface area contributed by atoms with Gasteiger partial charge in [0.1, 0.15) is 6.61 Å². The molecule has 0 fully saturated rings. The normalized spacial score (nSPS) is 11.6. The Labute approximate surface area is 154 Å². The van der Waals surface area contributed by atoms with Gasteiger partial charge in [-0.1, -0.05) is 45.0 Å². The fourth-order valence-electron chi connectivity index (χ4n) is 2.69. The van der Waals surface area contributed by atoms with E-state index in [1.54, 1.807) is 12.1 Å². The van der Waals surface area contributed by atoms with Crippen LogP contribution in [0.2, 0.25) is 0 Å². The van der Waals surface area contributed by atoms with E-state index in [-0.39, 0.29) is 18.0 Å². The molecule has 0 bridgehead atoms. The van der Waals surface area contributed by atoms with Crippen LogP contribution in [-0.2, 0) is 16.8 Å². The van der Waals surface area contributed by atoms with Crippen molar-refractivity contribution in [2.45, 2.75) is 46.6 Å². The second kappa shape index (κ2) is 6.87. The van der Waals surface area contributed by atoms with Gasteiger partial charge in [0.25, 0.3) is 0 Å². The Bertz CT molecular complexity index is 954. The van der Waals surface area contributed by atoms with E-state index < -0.39 is 0 Å². The van der Waals surface area contributed by atoms with Gasteiger partial charge in [0, 0.05) is 0 Å². The second-order valence-electron chi connectivity index (χ2n) is 7.62. The first-order valence-corrected chi connectivity index (χ1v) is 8.75. The van der Waals surface area contributed by atoms with Crippen LogP contribution in [0.1, 0.15) is 53.6 Å². The van der Waals surface area contributed by atoms with Gasteiger partial charge in [0.15, 0.2) is 0 Å². The molecule has 4 heteroatoms. The summed E-state index contributed by atoms with van der Waals surface area (Å²) in [4.78, 5) is 21.4. The summed E-state index contributed by atoms with van der Waals surface area (Å²) in [7, 11) is 0. The Kier molecular flexibility index (Phi) is 4.77. The number of ether oxygens (including phenoxy) is 1. The van der Waals surface area contributed by atoms with E-state index >= 15 is 0 Å². The van der Waals surface area contributed by atoms with E-state index in [9.17, 15) is 4.79 Å². The van der Waals surface area contributed by atoms with Gasteiger partial charge < -0.3 is 4.74 Å². The molecule has 1 heterocycles. The maximum Gasteiger partial charge on any atom is 0.338 e. The van der Waals surface area contributed by atoms with Crippen molar-refractivity contribution < 1.29 is 9.53 Å². The first-order valence-electron chi connectivity index (χ1n) is 8.75. The van der Waals surface area contributed by atoms with Gasteiger partial charge >= 0.3 is 5.97 Å². The highest BCUT2D eigenvalue weighted by molar-refractivity contribution is 5.93. The SMILES string of the molecule is Cc1nc2ccc(C(=O)OCc3ccc(C(C)(C)C)cc3)cc2nc1C. The Morgan fingerprint density at radius 2 is 1.54 bits per heavy atom. The molecule has 4 nitrogen and oxygen atoms in total. The van der Waals surface area contributed by atoms with Crippen LogP contribution < -0.4 is 0 Å². The zero-order chi connectivity index (χ0) is 18.9. The Balaban J connectivity index is 1.72. The van der Waals surface area contributed by atoms with E-state index in [0.29, 0.717) is 11.1 Å². The maximum absolute atomic E-state index is 12.4. The molecule has 0 radical (unpaired) electrons. The topological polar surface area (TPSA) is 52.1 Å². The van der Waals surface area contributed by atoms with Crippen molar-refractivity contribution in [2.24, 2.45) is 0 Å². The van der Waals surface area contributed by atoms with Gasteiger partial charge in [0.05, 0.1) is 28.0 Å². The van der Waals surface area contributed by atoms with Crippen molar-refractivity contribution in [3.8, 4) is 0 Å². The van der Waals surface area contributed by atoms with Crippen LogP contribution in [0.4, 0.5) is 0 Å². The highest BCUT2D eigenvalue weighted by Crippen LogP contribution is 2.22. The van der Waals surface area contributed by atoms with E-state index in [0.717, 1.165) is 22.5 Å². The molecule has 0 spiro atoms. The van der Waals surface area contributed by atoms with Crippen molar-refractivity contribution in [1.29, 1.82) is 0 Å². The molecule has 3 rings (SSSR count). The van der Waals surface area contributed by atoms with Gasteiger partial charge in [-0.3, -0.25) is 0 Å². The lowest BCUT2D eigenvalue weighted by molar-refractivity contribution is 0.0473. The summed E-state index contributed by atoms with van der Waals surface area (Å²) in [6.07, 6.45) is 0. The summed E-state index contributed by atoms with van der Waals surface area (Å²) < 4.78 is 5.46. The quantitative estimate of drug-likeness (QED) is 0.632. The molecule has 2 aromatic carbocycles. The molecule has 3 aromatic rings. The fourth-order valence-corrected chi connectivity index (χ4v) is 2.69. The summed E-state index contributed by atoms with van der Waals surface area (Å²) in [6, 6.07) is 13.5. The molecular weight excluding hydrogens is 324 g/mol. The van der Waals surface area contributed by atoms with Crippen LogP contribution in [0.3, 0.4) is 0 Å². The minimum atomic E-state index is -0.355. The van der Waals surface area contributed by atoms with Crippen LogP contribution in [0.15, 0.2) is 42.5 Å². The first kappa shape index (κ1) is 18.1. The summed E-state index contributed by atoms with van der Waals surface area (Å²) in [6.45, 7) is 10.6. The van der Waals surface area contributed by atoms with E-state index in [1.807, 2.05) is 32.0 Å². The highest BCUT2D eigenvalue weighted by atomic mass is 16.5. The van der Waals surface area contributed by atoms with Crippen molar-refractivity contribution in [1.82, 2.24) is 9.97 Å². The molecule has 0 saturated carbocycles. The standard InChI is InChI=1S/C22H24N2O2/c1-14-15(2)24-20-12-17(8-11-19(20)23-14)21(25)26-13-16-6-9-18(10-7-16)22(3,4)5/h6-12H,13H2,1-5H3. The third kappa shape index (κ3) is 3.90. The largest absolute Gasteiger partial charge is 0.457 e. The molecule has 0 amide bonds. The van der Waals surface area contributed by atoms with Crippen molar-refractivity contribution >= 4 is 17.0 Å². The first-order chi connectivity index (χ1) is 12.2. The van der Waals surface area contributed by atoms with Crippen molar-refractivity contribution in [3.63, 3.8) is 0 Å². The molecule has 134 valence electrons. The number of rotatable bonds is 3. The highest BCUT2D eigenvalue weighted by Gasteiger charge is 2.14. The van der Waals surface area contributed by atoms with E-state index in [2.05, 4.69) is 42.9 Å². The number of carbonyl (C=O) groups excluding carboxylic acids is 1. The lowest BCUT2D eigenvalue weighted by Gasteiger charge is -2.19. The lowest BCUT2D eigenvalue weighted by Crippen LogP contribution is -2.11. The van der Waals surface area contributed by atoms with Gasteiger partial charge in [0.2, 0.25) is 0 Å². The number of benzene rings is 2. The van der Waals surface area contributed by atoms with Crippen molar-refractivity contribution in [2.75, 3.05) is 0 Å². The molecule has 1 aromatic heterocycles. The number of hydrogen-bond donors (Lipinski definition) is 0. The molecule has 0 unspecified atom stereocenters. The average Bonchev–Trinajstić information content (AvgIpc) is 2.60. The Morgan fingerprint density at radius 3 is 2.15 bits per heavy atom. The monoisotopic (exact) mass is 348 g/mol. The minimum Gasteiger partial charge on any atom is -0.457 e. The summed E-state index contributed by atoms with van der Waals surface area (Å²) >= 11 is 0. The third-order valence-corrected chi connectivity index (χ3v) is 4.50. The fraction of sp³-hybridized carbons (Fsp3) is 0.318.